The quantitative estimate of drug-likeness (QED) is 0.207. The highest BCUT2D eigenvalue weighted by molar-refractivity contribution is 5.26. The Hall–Kier alpha value is -2.07. The Labute approximate surface area is 197 Å². The van der Waals surface area contributed by atoms with Crippen molar-refractivity contribution in [2.24, 2.45) is 17.8 Å². The minimum Gasteiger partial charge on any atom is -0.193 e. The van der Waals surface area contributed by atoms with Crippen molar-refractivity contribution in [2.75, 3.05) is 0 Å². The summed E-state index contributed by atoms with van der Waals surface area (Å²) in [6.07, 6.45) is 24.6. The van der Waals surface area contributed by atoms with Gasteiger partial charge >= 0.3 is 0 Å². The van der Waals surface area contributed by atoms with E-state index in [0.717, 1.165) is 30.1 Å². The summed E-state index contributed by atoms with van der Waals surface area (Å²) in [5.41, 5.74) is 4.64. The molecule has 1 heteroatoms. The number of aryl methyl sites for hydroxylation is 1. The molecule has 0 saturated heterocycles. The molecule has 0 radical (unpaired) electrons. The van der Waals surface area contributed by atoms with Crippen LogP contribution in [0.25, 0.3) is 0 Å². The fraction of sp³-hybridized carbons (Fsp3) is 0.581. The van der Waals surface area contributed by atoms with Gasteiger partial charge in [0.2, 0.25) is 0 Å². The van der Waals surface area contributed by atoms with Crippen molar-refractivity contribution in [2.45, 2.75) is 96.3 Å². The van der Waals surface area contributed by atoms with Gasteiger partial charge in [0.1, 0.15) is 0 Å². The van der Waals surface area contributed by atoms with Crippen LogP contribution in [0.4, 0.5) is 0 Å². The van der Waals surface area contributed by atoms with Gasteiger partial charge in [-0.2, -0.15) is 5.26 Å². The number of rotatable bonds is 10. The Bertz CT molecular complexity index is 775. The van der Waals surface area contributed by atoms with Crippen LogP contribution in [0.1, 0.15) is 101 Å². The van der Waals surface area contributed by atoms with E-state index in [4.69, 9.17) is 5.26 Å². The molecule has 2 saturated carbocycles. The zero-order valence-corrected chi connectivity index (χ0v) is 20.3. The monoisotopic (exact) mass is 429 g/mol. The Morgan fingerprint density at radius 3 is 2.25 bits per heavy atom. The van der Waals surface area contributed by atoms with E-state index >= 15 is 0 Å². The van der Waals surface area contributed by atoms with Crippen LogP contribution in [0.15, 0.2) is 60.7 Å². The summed E-state index contributed by atoms with van der Waals surface area (Å²) >= 11 is 0. The van der Waals surface area contributed by atoms with Crippen molar-refractivity contribution in [1.29, 1.82) is 5.26 Å². The third kappa shape index (κ3) is 7.51. The van der Waals surface area contributed by atoms with Gasteiger partial charge in [-0.3, -0.25) is 0 Å². The lowest BCUT2D eigenvalue weighted by Crippen LogP contribution is -2.22. The number of hydrogen-bond acceptors (Lipinski definition) is 1. The molecule has 32 heavy (non-hydrogen) atoms. The van der Waals surface area contributed by atoms with E-state index in [2.05, 4.69) is 43.8 Å². The van der Waals surface area contributed by atoms with Gasteiger partial charge in [0, 0.05) is 6.08 Å². The van der Waals surface area contributed by atoms with E-state index in [1.165, 1.54) is 88.7 Å². The summed E-state index contributed by atoms with van der Waals surface area (Å²) in [7, 11) is 0. The first kappa shape index (κ1) is 24.6. The van der Waals surface area contributed by atoms with Crippen molar-refractivity contribution in [3.63, 3.8) is 0 Å². The lowest BCUT2D eigenvalue weighted by molar-refractivity contribution is 0.260. The molecule has 2 aliphatic rings. The fourth-order valence-electron chi connectivity index (χ4n) is 5.90. The van der Waals surface area contributed by atoms with E-state index in [0.29, 0.717) is 0 Å². The molecule has 2 aliphatic carbocycles. The molecule has 0 N–H and O–H groups in total. The van der Waals surface area contributed by atoms with Crippen LogP contribution in [-0.2, 0) is 6.42 Å². The summed E-state index contributed by atoms with van der Waals surface area (Å²) in [6.45, 7) is 6.89. The van der Waals surface area contributed by atoms with Crippen LogP contribution in [0, 0.1) is 29.1 Å². The van der Waals surface area contributed by atoms with Crippen molar-refractivity contribution < 1.29 is 0 Å². The number of hydrogen-bond donors (Lipinski definition) is 0. The summed E-state index contributed by atoms with van der Waals surface area (Å²) in [5.74, 6) is 3.15. The van der Waals surface area contributed by atoms with Gasteiger partial charge < -0.3 is 0 Å². The maximum atomic E-state index is 8.51. The molecule has 0 heterocycles. The van der Waals surface area contributed by atoms with E-state index in [1.807, 2.05) is 18.2 Å². The Kier molecular flexibility index (Phi) is 10.3. The number of unbranched alkanes of at least 4 members (excludes halogenated alkanes) is 1. The number of nitrogens with zero attached hydrogens (tertiary/aromatic N) is 1. The van der Waals surface area contributed by atoms with Gasteiger partial charge in [0.25, 0.3) is 0 Å². The first-order valence-corrected chi connectivity index (χ1v) is 13.2. The van der Waals surface area contributed by atoms with Gasteiger partial charge in [-0.1, -0.05) is 68.0 Å². The molecule has 3 rings (SSSR count). The molecular weight excluding hydrogens is 386 g/mol. The Morgan fingerprint density at radius 1 is 0.969 bits per heavy atom. The second kappa shape index (κ2) is 13.5. The molecule has 0 aromatic heterocycles. The summed E-state index contributed by atoms with van der Waals surface area (Å²) < 4.78 is 0. The number of allylic oxidation sites excluding steroid dienone is 5. The van der Waals surface area contributed by atoms with E-state index in [9.17, 15) is 0 Å². The topological polar surface area (TPSA) is 23.8 Å². The van der Waals surface area contributed by atoms with Gasteiger partial charge in [0.05, 0.1) is 6.07 Å². The van der Waals surface area contributed by atoms with Gasteiger partial charge in [-0.05, 0) is 112 Å². The smallest absolute Gasteiger partial charge is 0.0912 e. The molecule has 1 aromatic carbocycles. The normalized spacial score (nSPS) is 26.4. The zero-order chi connectivity index (χ0) is 22.6. The first-order chi connectivity index (χ1) is 15.7. The summed E-state index contributed by atoms with van der Waals surface area (Å²) in [4.78, 5) is 0. The number of benzene rings is 1. The van der Waals surface area contributed by atoms with Crippen LogP contribution in [-0.4, -0.2) is 0 Å². The molecule has 1 nitrogen and oxygen atoms in total. The molecule has 0 atom stereocenters. The highest BCUT2D eigenvalue weighted by Gasteiger charge is 2.29. The summed E-state index contributed by atoms with van der Waals surface area (Å²) in [5, 5.41) is 8.51. The standard InChI is InChI=1S/C31H43N/c1-3-4-10-26-14-18-30(19-15-26)31-22-20-29(21-23-31)25(2)28-16-12-27(13-17-28)11-8-6-5-7-9-24-32/h5-7,9,14-15,18-19,27-29,31H,2-4,8,10-13,16-17,20-23H2,1H3/b6-5+,9-7+/t27-,28-,29-,31-. The molecule has 1 aromatic rings. The molecule has 172 valence electrons. The van der Waals surface area contributed by atoms with Crippen LogP contribution in [0.5, 0.6) is 0 Å². The van der Waals surface area contributed by atoms with Crippen molar-refractivity contribution in [3.05, 3.63) is 71.8 Å². The van der Waals surface area contributed by atoms with E-state index in [1.54, 1.807) is 11.1 Å². The minimum absolute atomic E-state index is 0.756. The van der Waals surface area contributed by atoms with Crippen molar-refractivity contribution >= 4 is 0 Å². The minimum atomic E-state index is 0.756. The zero-order valence-electron chi connectivity index (χ0n) is 20.3. The van der Waals surface area contributed by atoms with Crippen LogP contribution >= 0.6 is 0 Å². The van der Waals surface area contributed by atoms with Gasteiger partial charge in [0.15, 0.2) is 0 Å². The first-order valence-electron chi connectivity index (χ1n) is 13.2. The largest absolute Gasteiger partial charge is 0.193 e. The van der Waals surface area contributed by atoms with E-state index in [-0.39, 0.29) is 0 Å². The maximum absolute atomic E-state index is 8.51. The third-order valence-electron chi connectivity index (χ3n) is 8.05. The number of nitriles is 1. The highest BCUT2D eigenvalue weighted by atomic mass is 14.3. The van der Waals surface area contributed by atoms with Gasteiger partial charge in [-0.15, -0.1) is 0 Å². The molecule has 2 fully saturated rings. The van der Waals surface area contributed by atoms with Crippen LogP contribution < -0.4 is 0 Å². The second-order valence-corrected chi connectivity index (χ2v) is 10.2. The van der Waals surface area contributed by atoms with Crippen LogP contribution in [0.2, 0.25) is 0 Å². The average molecular weight is 430 g/mol. The van der Waals surface area contributed by atoms with Crippen molar-refractivity contribution in [3.8, 4) is 6.07 Å². The van der Waals surface area contributed by atoms with Crippen LogP contribution in [0.3, 0.4) is 0 Å². The van der Waals surface area contributed by atoms with E-state index < -0.39 is 0 Å². The highest BCUT2D eigenvalue weighted by Crippen LogP contribution is 2.44. The Balaban J connectivity index is 1.37. The molecule has 0 aliphatic heterocycles. The van der Waals surface area contributed by atoms with Crippen molar-refractivity contribution in [1.82, 2.24) is 0 Å². The lowest BCUT2D eigenvalue weighted by atomic mass is 9.69. The molecule has 0 bridgehead atoms. The predicted octanol–water partition coefficient (Wildman–Crippen LogP) is 9.08. The maximum Gasteiger partial charge on any atom is 0.0912 e. The SMILES string of the molecule is C=C([C@H]1CC[C@H](CC/C=C/C=C/C#N)CC1)[C@H]1CC[C@H](c2ccc(CCCC)cc2)CC1. The third-order valence-corrected chi connectivity index (χ3v) is 8.05. The molecule has 0 amide bonds. The predicted molar refractivity (Wildman–Crippen MR) is 137 cm³/mol. The average Bonchev–Trinajstić information content (AvgIpc) is 2.85. The molecule has 0 spiro atoms. The van der Waals surface area contributed by atoms with Gasteiger partial charge in [-0.25, -0.2) is 0 Å². The Morgan fingerprint density at radius 2 is 1.62 bits per heavy atom. The molecule has 0 unspecified atom stereocenters. The molecular formula is C31H43N. The summed E-state index contributed by atoms with van der Waals surface area (Å²) in [6, 6.07) is 11.6. The second-order valence-electron chi connectivity index (χ2n) is 10.2. The fourth-order valence-corrected chi connectivity index (χ4v) is 5.90. The lowest BCUT2D eigenvalue weighted by Gasteiger charge is -2.36.